The van der Waals surface area contributed by atoms with Crippen LogP contribution < -0.4 is 9.64 Å². The van der Waals surface area contributed by atoms with Crippen molar-refractivity contribution in [3.05, 3.63) is 53.0 Å². The molecule has 4 rings (SSSR count). The second kappa shape index (κ2) is 8.02. The van der Waals surface area contributed by atoms with E-state index in [0.717, 1.165) is 27.7 Å². The van der Waals surface area contributed by atoms with Gasteiger partial charge in [-0.1, -0.05) is 18.2 Å². The van der Waals surface area contributed by atoms with Crippen LogP contribution in [0.2, 0.25) is 0 Å². The number of amides is 2. The molecule has 0 bridgehead atoms. The van der Waals surface area contributed by atoms with Crippen LogP contribution in [0.15, 0.2) is 30.5 Å². The Morgan fingerprint density at radius 1 is 1.20 bits per heavy atom. The summed E-state index contributed by atoms with van der Waals surface area (Å²) in [6, 6.07) is 6.43. The summed E-state index contributed by atoms with van der Waals surface area (Å²) in [6.07, 6.45) is 1.33. The maximum Gasteiger partial charge on any atom is 0.251 e. The summed E-state index contributed by atoms with van der Waals surface area (Å²) in [5.74, 6) is -1.35. The molecule has 158 valence electrons. The largest absolute Gasteiger partial charge is 0.495 e. The van der Waals surface area contributed by atoms with Crippen molar-refractivity contribution in [1.29, 1.82) is 0 Å². The van der Waals surface area contributed by atoms with Crippen molar-refractivity contribution in [2.45, 2.75) is 26.4 Å². The Balaban J connectivity index is 1.65. The van der Waals surface area contributed by atoms with Crippen LogP contribution in [0.4, 0.5) is 10.2 Å². The molecule has 2 aliphatic heterocycles. The fourth-order valence-corrected chi connectivity index (χ4v) is 3.83. The first-order valence-corrected chi connectivity index (χ1v) is 9.83. The average Bonchev–Trinajstić information content (AvgIpc) is 2.68. The number of anilines is 1. The highest BCUT2D eigenvalue weighted by molar-refractivity contribution is 6.06. The van der Waals surface area contributed by atoms with E-state index in [1.54, 1.807) is 4.90 Å². The fraction of sp³-hybridized carbons (Fsp3) is 0.409. The van der Waals surface area contributed by atoms with Gasteiger partial charge in [0, 0.05) is 18.5 Å². The number of methoxy groups -OCH3 is 1. The van der Waals surface area contributed by atoms with Gasteiger partial charge in [-0.3, -0.25) is 14.5 Å². The summed E-state index contributed by atoms with van der Waals surface area (Å²) in [5.41, 5.74) is 3.24. The molecular formula is C22H24FN3O4. The lowest BCUT2D eigenvalue weighted by Gasteiger charge is -2.45. The summed E-state index contributed by atoms with van der Waals surface area (Å²) in [5, 5.41) is 0. The van der Waals surface area contributed by atoms with Crippen molar-refractivity contribution < 1.29 is 23.5 Å². The third kappa shape index (κ3) is 3.63. The monoisotopic (exact) mass is 413 g/mol. The predicted molar refractivity (Wildman–Crippen MR) is 108 cm³/mol. The van der Waals surface area contributed by atoms with Gasteiger partial charge in [-0.15, -0.1) is 0 Å². The van der Waals surface area contributed by atoms with Gasteiger partial charge in [-0.05, 0) is 30.5 Å². The minimum absolute atomic E-state index is 0.128. The average molecular weight is 413 g/mol. The second-order valence-electron chi connectivity index (χ2n) is 7.79. The molecule has 0 aliphatic carbocycles. The van der Waals surface area contributed by atoms with Gasteiger partial charge in [0.15, 0.2) is 11.6 Å². The predicted octanol–water partition coefficient (Wildman–Crippen LogP) is 2.24. The smallest absolute Gasteiger partial charge is 0.251 e. The number of aromatic nitrogens is 1. The SMILES string of the molecule is COc1cnc(N2CC(=O)N(Cc3ccc(C)c(C)c3)C(C3COC3)C2=O)c(F)c1. The number of carbonyl (C=O) groups excluding carboxylic acids is 2. The first-order valence-electron chi connectivity index (χ1n) is 9.83. The molecule has 2 aliphatic rings. The van der Waals surface area contributed by atoms with Crippen LogP contribution in [0.25, 0.3) is 0 Å². The van der Waals surface area contributed by atoms with Crippen molar-refractivity contribution in [3.63, 3.8) is 0 Å². The van der Waals surface area contributed by atoms with E-state index >= 15 is 0 Å². The van der Waals surface area contributed by atoms with Gasteiger partial charge in [0.1, 0.15) is 18.3 Å². The number of hydrogen-bond donors (Lipinski definition) is 0. The van der Waals surface area contributed by atoms with E-state index in [2.05, 4.69) is 4.98 Å². The molecule has 2 saturated heterocycles. The highest BCUT2D eigenvalue weighted by Crippen LogP contribution is 2.31. The zero-order valence-electron chi connectivity index (χ0n) is 17.2. The van der Waals surface area contributed by atoms with Crippen LogP contribution in [0.1, 0.15) is 16.7 Å². The Morgan fingerprint density at radius 3 is 2.57 bits per heavy atom. The molecule has 1 aromatic carbocycles. The first kappa shape index (κ1) is 20.3. The number of pyridine rings is 1. The van der Waals surface area contributed by atoms with Crippen molar-refractivity contribution in [3.8, 4) is 5.75 Å². The van der Waals surface area contributed by atoms with Crippen LogP contribution in [-0.2, 0) is 20.9 Å². The Hall–Kier alpha value is -3.00. The van der Waals surface area contributed by atoms with E-state index < -0.39 is 11.9 Å². The molecular weight excluding hydrogens is 389 g/mol. The molecule has 0 radical (unpaired) electrons. The quantitative estimate of drug-likeness (QED) is 0.752. The van der Waals surface area contributed by atoms with Gasteiger partial charge in [-0.25, -0.2) is 9.37 Å². The Kier molecular flexibility index (Phi) is 5.42. The molecule has 1 aromatic heterocycles. The molecule has 2 fully saturated rings. The van der Waals surface area contributed by atoms with Crippen molar-refractivity contribution >= 4 is 17.6 Å². The number of ether oxygens (including phenoxy) is 2. The van der Waals surface area contributed by atoms with E-state index in [4.69, 9.17) is 9.47 Å². The van der Waals surface area contributed by atoms with E-state index in [1.807, 2.05) is 32.0 Å². The van der Waals surface area contributed by atoms with Crippen molar-refractivity contribution in [2.75, 3.05) is 31.8 Å². The molecule has 0 saturated carbocycles. The van der Waals surface area contributed by atoms with Crippen LogP contribution in [0, 0.1) is 25.6 Å². The van der Waals surface area contributed by atoms with Gasteiger partial charge < -0.3 is 14.4 Å². The number of carbonyl (C=O) groups is 2. The number of nitrogens with zero attached hydrogens (tertiary/aromatic N) is 3. The van der Waals surface area contributed by atoms with E-state index in [1.165, 1.54) is 13.3 Å². The summed E-state index contributed by atoms with van der Waals surface area (Å²) < 4.78 is 24.8. The molecule has 1 atom stereocenters. The van der Waals surface area contributed by atoms with E-state index in [9.17, 15) is 14.0 Å². The van der Waals surface area contributed by atoms with Crippen LogP contribution in [0.5, 0.6) is 5.75 Å². The number of aryl methyl sites for hydroxylation is 2. The molecule has 1 unspecified atom stereocenters. The maximum atomic E-state index is 14.6. The van der Waals surface area contributed by atoms with Gasteiger partial charge in [-0.2, -0.15) is 0 Å². The molecule has 2 amide bonds. The van der Waals surface area contributed by atoms with E-state index in [0.29, 0.717) is 19.8 Å². The van der Waals surface area contributed by atoms with Gasteiger partial charge in [0.25, 0.3) is 5.91 Å². The van der Waals surface area contributed by atoms with Crippen LogP contribution in [-0.4, -0.2) is 54.6 Å². The highest BCUT2D eigenvalue weighted by Gasteiger charge is 2.47. The molecule has 3 heterocycles. The number of hydrogen-bond acceptors (Lipinski definition) is 5. The number of benzene rings is 1. The third-order valence-corrected chi connectivity index (χ3v) is 5.79. The topological polar surface area (TPSA) is 72.0 Å². The molecule has 2 aromatic rings. The van der Waals surface area contributed by atoms with Crippen LogP contribution >= 0.6 is 0 Å². The van der Waals surface area contributed by atoms with Crippen molar-refractivity contribution in [1.82, 2.24) is 9.88 Å². The highest BCUT2D eigenvalue weighted by atomic mass is 19.1. The summed E-state index contributed by atoms with van der Waals surface area (Å²) in [7, 11) is 1.41. The standard InChI is InChI=1S/C22H24FN3O4/c1-13-4-5-15(6-14(13)2)9-25-19(27)10-26(22(28)20(25)16-11-30-12-16)21-18(23)7-17(29-3)8-24-21/h4-8,16,20H,9-12H2,1-3H3. The summed E-state index contributed by atoms with van der Waals surface area (Å²) >= 11 is 0. The Morgan fingerprint density at radius 2 is 1.97 bits per heavy atom. The van der Waals surface area contributed by atoms with Crippen molar-refractivity contribution in [2.24, 2.45) is 5.92 Å². The second-order valence-corrected chi connectivity index (χ2v) is 7.79. The lowest BCUT2D eigenvalue weighted by Crippen LogP contribution is -2.65. The zero-order chi connectivity index (χ0) is 21.4. The minimum atomic E-state index is -0.718. The number of halogens is 1. The maximum absolute atomic E-state index is 14.6. The first-order chi connectivity index (χ1) is 14.4. The number of rotatable bonds is 5. The van der Waals surface area contributed by atoms with Crippen LogP contribution in [0.3, 0.4) is 0 Å². The van der Waals surface area contributed by atoms with Gasteiger partial charge >= 0.3 is 0 Å². The Bertz CT molecular complexity index is 992. The van der Waals surface area contributed by atoms with Gasteiger partial charge in [0.2, 0.25) is 5.91 Å². The molecule has 30 heavy (non-hydrogen) atoms. The molecule has 7 nitrogen and oxygen atoms in total. The third-order valence-electron chi connectivity index (χ3n) is 5.79. The summed E-state index contributed by atoms with van der Waals surface area (Å²) in [6.45, 7) is 4.87. The van der Waals surface area contributed by atoms with E-state index in [-0.39, 0.29) is 35.8 Å². The molecule has 0 spiro atoms. The lowest BCUT2D eigenvalue weighted by molar-refractivity contribution is -0.155. The lowest BCUT2D eigenvalue weighted by atomic mass is 9.92. The minimum Gasteiger partial charge on any atom is -0.495 e. The molecule has 0 N–H and O–H groups in total. The summed E-state index contributed by atoms with van der Waals surface area (Å²) in [4.78, 5) is 33.2. The normalized spacial score (nSPS) is 19.8. The van der Waals surface area contributed by atoms with Gasteiger partial charge in [0.05, 0.1) is 26.5 Å². The fourth-order valence-electron chi connectivity index (χ4n) is 3.83. The zero-order valence-corrected chi connectivity index (χ0v) is 17.2. The molecule has 8 heteroatoms. The number of piperazine rings is 1. The Labute approximate surface area is 174 Å².